The van der Waals surface area contributed by atoms with E-state index in [1.54, 1.807) is 0 Å². The summed E-state index contributed by atoms with van der Waals surface area (Å²) in [5.74, 6) is -7.41. The van der Waals surface area contributed by atoms with Gasteiger partial charge in [-0.2, -0.15) is 13.2 Å². The van der Waals surface area contributed by atoms with Crippen molar-refractivity contribution >= 4 is 0 Å². The van der Waals surface area contributed by atoms with Gasteiger partial charge in [0.15, 0.2) is 5.60 Å². The third-order valence-electron chi connectivity index (χ3n) is 3.81. The van der Waals surface area contributed by atoms with E-state index in [1.165, 1.54) is 0 Å². The van der Waals surface area contributed by atoms with Crippen LogP contribution in [0, 0.1) is 11.8 Å². The highest BCUT2D eigenvalue weighted by Gasteiger charge is 2.81. The number of halogens is 6. The van der Waals surface area contributed by atoms with Crippen molar-refractivity contribution in [2.45, 2.75) is 36.7 Å². The summed E-state index contributed by atoms with van der Waals surface area (Å²) in [4.78, 5) is 0. The van der Waals surface area contributed by atoms with Gasteiger partial charge in [-0.05, 0) is 13.3 Å². The van der Waals surface area contributed by atoms with Crippen molar-refractivity contribution in [1.29, 1.82) is 0 Å². The maximum atomic E-state index is 14.3. The molecular weight excluding hydrogens is 250 g/mol. The van der Waals surface area contributed by atoms with Crippen LogP contribution in [0.5, 0.6) is 0 Å². The summed E-state index contributed by atoms with van der Waals surface area (Å²) in [6.07, 6.45) is -3.86. The topological polar surface area (TPSA) is 20.2 Å². The van der Waals surface area contributed by atoms with Crippen molar-refractivity contribution in [3.05, 3.63) is 12.2 Å². The van der Waals surface area contributed by atoms with Gasteiger partial charge in [0.2, 0.25) is 5.67 Å². The van der Waals surface area contributed by atoms with Gasteiger partial charge in [0.05, 0.1) is 0 Å². The minimum Gasteiger partial charge on any atom is -0.378 e. The van der Waals surface area contributed by atoms with Crippen molar-refractivity contribution < 1.29 is 31.4 Å². The van der Waals surface area contributed by atoms with Crippen LogP contribution in [-0.4, -0.2) is 28.5 Å². The number of allylic oxidation sites excluding steroid dienone is 2. The van der Waals surface area contributed by atoms with E-state index < -0.39 is 41.6 Å². The van der Waals surface area contributed by atoms with Gasteiger partial charge in [0.25, 0.3) is 5.92 Å². The average Bonchev–Trinajstić information content (AvgIpc) is 2.67. The molecule has 0 spiro atoms. The van der Waals surface area contributed by atoms with E-state index in [0.717, 1.165) is 12.2 Å². The van der Waals surface area contributed by atoms with Crippen molar-refractivity contribution in [2.24, 2.45) is 11.8 Å². The molecule has 0 radical (unpaired) electrons. The van der Waals surface area contributed by atoms with Crippen LogP contribution in [0.3, 0.4) is 0 Å². The Balaban J connectivity index is 2.54. The lowest BCUT2D eigenvalue weighted by Crippen LogP contribution is -2.68. The van der Waals surface area contributed by atoms with Gasteiger partial charge in [-0.3, -0.25) is 0 Å². The van der Waals surface area contributed by atoms with E-state index in [2.05, 4.69) is 0 Å². The van der Waals surface area contributed by atoms with Crippen LogP contribution in [0.25, 0.3) is 0 Å². The Morgan fingerprint density at radius 3 is 1.94 bits per heavy atom. The van der Waals surface area contributed by atoms with Gasteiger partial charge in [-0.15, -0.1) is 0 Å². The lowest BCUT2D eigenvalue weighted by molar-refractivity contribution is -0.336. The zero-order valence-corrected chi connectivity index (χ0v) is 8.73. The molecular formula is C10H10F6O. The number of hydrogen-bond acceptors (Lipinski definition) is 1. The maximum absolute atomic E-state index is 14.3. The summed E-state index contributed by atoms with van der Waals surface area (Å²) in [6.45, 7) is 0.0649. The molecule has 0 aromatic carbocycles. The van der Waals surface area contributed by atoms with Crippen molar-refractivity contribution in [3.63, 3.8) is 0 Å². The summed E-state index contributed by atoms with van der Waals surface area (Å²) >= 11 is 0. The minimum absolute atomic E-state index is 0.0649. The lowest BCUT2D eigenvalue weighted by Gasteiger charge is -2.44. The van der Waals surface area contributed by atoms with E-state index in [1.807, 2.05) is 0 Å². The number of alkyl halides is 6. The molecule has 1 fully saturated rings. The molecule has 1 saturated carbocycles. The molecule has 4 atom stereocenters. The second kappa shape index (κ2) is 2.99. The number of aliphatic hydroxyl groups is 1. The summed E-state index contributed by atoms with van der Waals surface area (Å²) in [7, 11) is 0. The van der Waals surface area contributed by atoms with Crippen LogP contribution in [-0.2, 0) is 0 Å². The molecule has 0 saturated heterocycles. The Labute approximate surface area is 93.1 Å². The Kier molecular flexibility index (Phi) is 2.24. The van der Waals surface area contributed by atoms with Gasteiger partial charge < -0.3 is 5.11 Å². The first-order valence-electron chi connectivity index (χ1n) is 5.00. The fourth-order valence-corrected chi connectivity index (χ4v) is 2.67. The first kappa shape index (κ1) is 12.7. The summed E-state index contributed by atoms with van der Waals surface area (Å²) in [5.41, 5.74) is -8.08. The maximum Gasteiger partial charge on any atom is 0.420 e. The SMILES string of the molecule is CC(O)(C(F)(F)F)C1(F)C2C=CC(C2)C1(F)F. The van der Waals surface area contributed by atoms with Crippen LogP contribution in [0.2, 0.25) is 0 Å². The Bertz CT molecular complexity index is 371. The first-order chi connectivity index (χ1) is 7.46. The largest absolute Gasteiger partial charge is 0.420 e. The summed E-state index contributed by atoms with van der Waals surface area (Å²) in [5, 5.41) is 9.25. The Morgan fingerprint density at radius 1 is 1.12 bits per heavy atom. The number of rotatable bonds is 1. The zero-order valence-electron chi connectivity index (χ0n) is 8.73. The highest BCUT2D eigenvalue weighted by atomic mass is 19.4. The normalized spacial score (nSPS) is 42.8. The fourth-order valence-electron chi connectivity index (χ4n) is 2.67. The quantitative estimate of drug-likeness (QED) is 0.567. The molecule has 98 valence electrons. The Morgan fingerprint density at radius 2 is 1.59 bits per heavy atom. The lowest BCUT2D eigenvalue weighted by atomic mass is 9.73. The number of fused-ring (bicyclic) bond motifs is 2. The van der Waals surface area contributed by atoms with Crippen molar-refractivity contribution in [3.8, 4) is 0 Å². The second-order valence-electron chi connectivity index (χ2n) is 4.74. The molecule has 7 heteroatoms. The molecule has 4 unspecified atom stereocenters. The predicted octanol–water partition coefficient (Wildman–Crippen LogP) is 2.85. The van der Waals surface area contributed by atoms with Gasteiger partial charge in [-0.25, -0.2) is 13.2 Å². The Hall–Kier alpha value is -0.720. The van der Waals surface area contributed by atoms with Gasteiger partial charge in [0, 0.05) is 11.8 Å². The van der Waals surface area contributed by atoms with Crippen LogP contribution >= 0.6 is 0 Å². The molecule has 0 amide bonds. The average molecular weight is 260 g/mol. The molecule has 0 heterocycles. The zero-order chi connectivity index (χ0) is 13.3. The molecule has 1 nitrogen and oxygen atoms in total. The molecule has 1 N–H and O–H groups in total. The molecule has 2 aliphatic rings. The first-order valence-corrected chi connectivity index (χ1v) is 5.00. The van der Waals surface area contributed by atoms with E-state index in [9.17, 15) is 31.4 Å². The highest BCUT2D eigenvalue weighted by molar-refractivity contribution is 5.30. The molecule has 0 aromatic heterocycles. The van der Waals surface area contributed by atoms with E-state index >= 15 is 0 Å². The van der Waals surface area contributed by atoms with Crippen molar-refractivity contribution in [2.75, 3.05) is 0 Å². The standard InChI is InChI=1S/C10H10F6O/c1-7(17,10(14,15)16)8(11)5-2-3-6(4-5)9(8,12)13/h2-3,5-6,17H,4H2,1H3. The van der Waals surface area contributed by atoms with E-state index in [0.29, 0.717) is 0 Å². The number of hydrogen-bond donors (Lipinski definition) is 1. The van der Waals surface area contributed by atoms with Gasteiger partial charge >= 0.3 is 6.18 Å². The molecule has 2 bridgehead atoms. The smallest absolute Gasteiger partial charge is 0.378 e. The van der Waals surface area contributed by atoms with Gasteiger partial charge in [0.1, 0.15) is 0 Å². The van der Waals surface area contributed by atoms with Crippen LogP contribution in [0.1, 0.15) is 13.3 Å². The minimum atomic E-state index is -5.45. The fraction of sp³-hybridized carbons (Fsp3) is 0.800. The summed E-state index contributed by atoms with van der Waals surface area (Å²) in [6, 6.07) is 0. The summed E-state index contributed by atoms with van der Waals surface area (Å²) < 4.78 is 79.2. The second-order valence-corrected chi connectivity index (χ2v) is 4.74. The monoisotopic (exact) mass is 260 g/mol. The molecule has 2 aliphatic carbocycles. The van der Waals surface area contributed by atoms with E-state index in [4.69, 9.17) is 0 Å². The van der Waals surface area contributed by atoms with E-state index in [-0.39, 0.29) is 6.92 Å². The van der Waals surface area contributed by atoms with Crippen LogP contribution < -0.4 is 0 Å². The predicted molar refractivity (Wildman–Crippen MR) is 46.2 cm³/mol. The molecule has 0 aliphatic heterocycles. The van der Waals surface area contributed by atoms with Crippen molar-refractivity contribution in [1.82, 2.24) is 0 Å². The third kappa shape index (κ3) is 1.21. The molecule has 0 aromatic rings. The van der Waals surface area contributed by atoms with Crippen LogP contribution in [0.4, 0.5) is 26.3 Å². The third-order valence-corrected chi connectivity index (χ3v) is 3.81. The highest BCUT2D eigenvalue weighted by Crippen LogP contribution is 2.64. The van der Waals surface area contributed by atoms with Crippen LogP contribution in [0.15, 0.2) is 12.2 Å². The molecule has 2 rings (SSSR count). The van der Waals surface area contributed by atoms with Gasteiger partial charge in [-0.1, -0.05) is 12.2 Å². The molecule has 17 heavy (non-hydrogen) atoms.